The molecule has 11 heteroatoms. The fraction of sp³-hybridized carbons (Fsp3) is 0. The van der Waals surface area contributed by atoms with Crippen molar-refractivity contribution in [1.29, 1.82) is 0 Å². The van der Waals surface area contributed by atoms with Crippen LogP contribution in [-0.4, -0.2) is 56.2 Å². The Morgan fingerprint density at radius 3 is 1.03 bits per heavy atom. The van der Waals surface area contributed by atoms with E-state index >= 15 is 0 Å². The second-order valence-electron chi connectivity index (χ2n) is 7.82. The van der Waals surface area contributed by atoms with Crippen LogP contribution in [0.5, 0.6) is 0 Å². The molecule has 0 unspecified atom stereocenters. The molecule has 4 aromatic carbocycles. The van der Waals surface area contributed by atoms with Gasteiger partial charge in [-0.25, -0.2) is 28.8 Å². The number of rotatable bonds is 6. The third-order valence-corrected chi connectivity index (χ3v) is 5.53. The van der Waals surface area contributed by atoms with Crippen LogP contribution < -0.4 is 0 Å². The van der Waals surface area contributed by atoms with Gasteiger partial charge in [-0.1, -0.05) is 12.1 Å². The summed E-state index contributed by atoms with van der Waals surface area (Å²) in [5, 5.41) is 38.2. The van der Waals surface area contributed by atoms with Crippen molar-refractivity contribution in [3.8, 4) is 0 Å². The third-order valence-electron chi connectivity index (χ3n) is 5.53. The molecule has 0 aromatic heterocycles. The van der Waals surface area contributed by atoms with Gasteiger partial charge in [0.2, 0.25) is 0 Å². The van der Waals surface area contributed by atoms with Crippen molar-refractivity contribution in [2.45, 2.75) is 0 Å². The average molecular weight is 502 g/mol. The number of aromatic carboxylic acids is 4. The second kappa shape index (κ2) is 9.23. The Balaban J connectivity index is 1.64. The fourth-order valence-corrected chi connectivity index (χ4v) is 3.76. The van der Waals surface area contributed by atoms with Crippen LogP contribution in [0.1, 0.15) is 62.1 Å². The molecule has 0 amide bonds. The van der Waals surface area contributed by atoms with Crippen LogP contribution in [0.2, 0.25) is 0 Å². The lowest BCUT2D eigenvalue weighted by molar-refractivity contribution is 0.0396. The zero-order chi connectivity index (χ0) is 27.0. The SMILES string of the molecule is O=C(OC(=O)c1ccc2cc(C(=O)O)c(C(=O)O)cc2c1)c1ccc2cc(C(=O)O)c(C(=O)O)cc2c1. The van der Waals surface area contributed by atoms with Crippen molar-refractivity contribution >= 4 is 57.4 Å². The van der Waals surface area contributed by atoms with E-state index < -0.39 is 58.1 Å². The number of benzene rings is 4. The summed E-state index contributed by atoms with van der Waals surface area (Å²) in [6.45, 7) is 0. The molecule has 0 aliphatic carbocycles. The number of hydrogen-bond donors (Lipinski definition) is 4. The Morgan fingerprint density at radius 2 is 0.730 bits per heavy atom. The summed E-state index contributed by atoms with van der Waals surface area (Å²) in [5.74, 6) is -7.95. The number of carboxylic acids is 4. The number of carbonyl (C=O) groups excluding carboxylic acids is 2. The molecule has 184 valence electrons. The normalized spacial score (nSPS) is 10.7. The van der Waals surface area contributed by atoms with Crippen LogP contribution in [-0.2, 0) is 4.74 Å². The first-order valence-electron chi connectivity index (χ1n) is 10.3. The number of fused-ring (bicyclic) bond motifs is 2. The first-order valence-corrected chi connectivity index (χ1v) is 10.3. The molecule has 0 aliphatic heterocycles. The Labute approximate surface area is 205 Å². The lowest BCUT2D eigenvalue weighted by Crippen LogP contribution is -2.13. The molecule has 0 aliphatic rings. The second-order valence-corrected chi connectivity index (χ2v) is 7.82. The first kappa shape index (κ1) is 24.5. The average Bonchev–Trinajstić information content (AvgIpc) is 2.85. The van der Waals surface area contributed by atoms with Crippen LogP contribution in [0.15, 0.2) is 60.7 Å². The maximum atomic E-state index is 12.6. The molecule has 4 aromatic rings. The molecule has 0 saturated heterocycles. The number of carbonyl (C=O) groups is 6. The topological polar surface area (TPSA) is 193 Å². The molecule has 0 bridgehead atoms. The fourth-order valence-electron chi connectivity index (χ4n) is 3.76. The van der Waals surface area contributed by atoms with E-state index in [0.717, 1.165) is 24.3 Å². The minimum atomic E-state index is -1.47. The van der Waals surface area contributed by atoms with Gasteiger partial charge in [-0.2, -0.15) is 0 Å². The van der Waals surface area contributed by atoms with E-state index in [4.69, 9.17) is 4.74 Å². The van der Waals surface area contributed by atoms with Crippen molar-refractivity contribution in [1.82, 2.24) is 0 Å². The summed E-state index contributed by atoms with van der Waals surface area (Å²) < 4.78 is 4.90. The standard InChI is InChI=1S/C26H14O11/c27-21(28)17-7-11-1-3-13(5-15(11)9-19(17)23(31)32)25(35)37-26(36)14-4-2-12-8-18(22(29)30)20(24(33)34)10-16(12)6-14/h1-10H,(H,27,28)(H,29,30)(H,31,32)(H,33,34). The summed E-state index contributed by atoms with van der Waals surface area (Å²) >= 11 is 0. The molecular weight excluding hydrogens is 488 g/mol. The molecular formula is C26H14O11. The Morgan fingerprint density at radius 1 is 0.432 bits per heavy atom. The molecule has 0 radical (unpaired) electrons. The quantitative estimate of drug-likeness (QED) is 0.221. The van der Waals surface area contributed by atoms with Gasteiger partial charge in [0.1, 0.15) is 0 Å². The molecule has 0 spiro atoms. The maximum absolute atomic E-state index is 12.6. The Kier molecular flexibility index (Phi) is 6.12. The van der Waals surface area contributed by atoms with Crippen LogP contribution in [0.4, 0.5) is 0 Å². The number of hydrogen-bond acceptors (Lipinski definition) is 7. The van der Waals surface area contributed by atoms with E-state index in [1.807, 2.05) is 0 Å². The lowest BCUT2D eigenvalue weighted by Gasteiger charge is -2.09. The number of ether oxygens (including phenoxy) is 1. The van der Waals surface area contributed by atoms with Crippen molar-refractivity contribution in [3.05, 3.63) is 94.0 Å². The molecule has 0 saturated carbocycles. The van der Waals surface area contributed by atoms with Gasteiger partial charge in [-0.3, -0.25) is 0 Å². The first-order chi connectivity index (χ1) is 17.5. The van der Waals surface area contributed by atoms with Crippen LogP contribution in [0, 0.1) is 0 Å². The molecule has 0 fully saturated rings. The molecule has 37 heavy (non-hydrogen) atoms. The molecule has 0 atom stereocenters. The van der Waals surface area contributed by atoms with E-state index in [0.29, 0.717) is 10.8 Å². The van der Waals surface area contributed by atoms with Gasteiger partial charge in [-0.05, 0) is 70.1 Å². The highest BCUT2D eigenvalue weighted by molar-refractivity contribution is 6.10. The summed E-state index contributed by atoms with van der Waals surface area (Å²) in [6.07, 6.45) is 0. The molecule has 4 rings (SSSR count). The Hall–Kier alpha value is -5.58. The predicted molar refractivity (Wildman–Crippen MR) is 125 cm³/mol. The van der Waals surface area contributed by atoms with Crippen molar-refractivity contribution < 1.29 is 53.9 Å². The van der Waals surface area contributed by atoms with E-state index in [2.05, 4.69) is 0 Å². The highest BCUT2D eigenvalue weighted by Gasteiger charge is 2.21. The van der Waals surface area contributed by atoms with Gasteiger partial charge in [0.05, 0.1) is 33.4 Å². The summed E-state index contributed by atoms with van der Waals surface area (Å²) in [4.78, 5) is 70.8. The van der Waals surface area contributed by atoms with E-state index in [1.54, 1.807) is 0 Å². The van der Waals surface area contributed by atoms with Crippen molar-refractivity contribution in [2.75, 3.05) is 0 Å². The minimum absolute atomic E-state index is 0.111. The number of esters is 2. The summed E-state index contributed by atoms with van der Waals surface area (Å²) in [7, 11) is 0. The summed E-state index contributed by atoms with van der Waals surface area (Å²) in [5.41, 5.74) is -2.04. The van der Waals surface area contributed by atoms with Crippen molar-refractivity contribution in [2.24, 2.45) is 0 Å². The lowest BCUT2D eigenvalue weighted by atomic mass is 9.99. The summed E-state index contributed by atoms with van der Waals surface area (Å²) in [6, 6.07) is 12.3. The molecule has 0 heterocycles. The molecule has 4 N–H and O–H groups in total. The van der Waals surface area contributed by atoms with E-state index in [9.17, 15) is 49.2 Å². The van der Waals surface area contributed by atoms with Gasteiger partial charge in [-0.15, -0.1) is 0 Å². The number of carboxylic acid groups (broad SMARTS) is 4. The smallest absolute Gasteiger partial charge is 0.346 e. The van der Waals surface area contributed by atoms with Gasteiger partial charge in [0.25, 0.3) is 0 Å². The van der Waals surface area contributed by atoms with Crippen molar-refractivity contribution in [3.63, 3.8) is 0 Å². The third kappa shape index (κ3) is 4.68. The van der Waals surface area contributed by atoms with Crippen LogP contribution in [0.3, 0.4) is 0 Å². The van der Waals surface area contributed by atoms with Crippen LogP contribution in [0.25, 0.3) is 21.5 Å². The predicted octanol–water partition coefficient (Wildman–Crippen LogP) is 3.78. The zero-order valence-electron chi connectivity index (χ0n) is 18.4. The minimum Gasteiger partial charge on any atom is -0.478 e. The van der Waals surface area contributed by atoms with Gasteiger partial charge in [0, 0.05) is 0 Å². The Bertz CT molecular complexity index is 1570. The van der Waals surface area contributed by atoms with Gasteiger partial charge in [0.15, 0.2) is 0 Å². The van der Waals surface area contributed by atoms with Crippen LogP contribution >= 0.6 is 0 Å². The largest absolute Gasteiger partial charge is 0.478 e. The zero-order valence-corrected chi connectivity index (χ0v) is 18.4. The van der Waals surface area contributed by atoms with E-state index in [-0.39, 0.29) is 21.9 Å². The van der Waals surface area contributed by atoms with Gasteiger partial charge < -0.3 is 25.2 Å². The van der Waals surface area contributed by atoms with E-state index in [1.165, 1.54) is 36.4 Å². The maximum Gasteiger partial charge on any atom is 0.346 e. The highest BCUT2D eigenvalue weighted by Crippen LogP contribution is 2.25. The van der Waals surface area contributed by atoms with Gasteiger partial charge >= 0.3 is 35.8 Å². The highest BCUT2D eigenvalue weighted by atomic mass is 16.6. The monoisotopic (exact) mass is 502 g/mol. The molecule has 11 nitrogen and oxygen atoms in total.